The summed E-state index contributed by atoms with van der Waals surface area (Å²) < 4.78 is 10.5. The van der Waals surface area contributed by atoms with Crippen LogP contribution in [0.2, 0.25) is 0 Å². The highest BCUT2D eigenvalue weighted by molar-refractivity contribution is 6.09. The van der Waals surface area contributed by atoms with E-state index in [1.165, 1.54) is 0 Å². The molecule has 1 saturated heterocycles. The zero-order chi connectivity index (χ0) is 19.6. The Morgan fingerprint density at radius 1 is 1.26 bits per heavy atom. The Hall–Kier alpha value is -2.77. The second kappa shape index (κ2) is 7.46. The number of rotatable bonds is 8. The molecular weight excluding hydrogens is 350 g/mol. The second-order valence-corrected chi connectivity index (χ2v) is 7.09. The molecule has 0 spiro atoms. The highest BCUT2D eigenvalue weighted by Crippen LogP contribution is 2.42. The van der Waals surface area contributed by atoms with Crippen molar-refractivity contribution < 1.29 is 23.9 Å². The Bertz CT molecular complexity index is 762. The minimum Gasteiger partial charge on any atom is -0.493 e. The van der Waals surface area contributed by atoms with E-state index in [2.05, 4.69) is 10.6 Å². The fourth-order valence-corrected chi connectivity index (χ4v) is 3.38. The molecule has 3 rings (SSSR count). The third-order valence-corrected chi connectivity index (χ3v) is 5.18. The van der Waals surface area contributed by atoms with Gasteiger partial charge in [-0.1, -0.05) is 6.07 Å². The summed E-state index contributed by atoms with van der Waals surface area (Å²) in [5.41, 5.74) is 0.112. The maximum Gasteiger partial charge on any atom is 0.325 e. The molecule has 8 nitrogen and oxygen atoms in total. The van der Waals surface area contributed by atoms with Crippen LogP contribution in [0.15, 0.2) is 18.2 Å². The highest BCUT2D eigenvalue weighted by Gasteiger charge is 2.56. The normalized spacial score (nSPS) is 21.8. The van der Waals surface area contributed by atoms with Crippen LogP contribution in [-0.4, -0.2) is 55.6 Å². The number of nitrogens with one attached hydrogen (secondary N) is 2. The Morgan fingerprint density at radius 3 is 2.59 bits per heavy atom. The molecule has 8 heteroatoms. The molecule has 0 unspecified atom stereocenters. The Labute approximate surface area is 158 Å². The minimum absolute atomic E-state index is 0.173. The molecule has 1 heterocycles. The van der Waals surface area contributed by atoms with Crippen molar-refractivity contribution in [3.8, 4) is 11.5 Å². The first kappa shape index (κ1) is 19.0. The fraction of sp³-hybridized carbons (Fsp3) is 0.526. The van der Waals surface area contributed by atoms with Gasteiger partial charge in [0.2, 0.25) is 5.91 Å². The monoisotopic (exact) mass is 375 g/mol. The second-order valence-electron chi connectivity index (χ2n) is 7.09. The predicted molar refractivity (Wildman–Crippen MR) is 97.6 cm³/mol. The molecule has 1 aliphatic carbocycles. The summed E-state index contributed by atoms with van der Waals surface area (Å²) in [6.07, 6.45) is 2.44. The van der Waals surface area contributed by atoms with Gasteiger partial charge in [-0.15, -0.1) is 0 Å². The molecule has 0 radical (unpaired) electrons. The van der Waals surface area contributed by atoms with Gasteiger partial charge in [0.15, 0.2) is 11.5 Å². The van der Waals surface area contributed by atoms with Gasteiger partial charge in [-0.3, -0.25) is 14.5 Å². The summed E-state index contributed by atoms with van der Waals surface area (Å²) in [5.74, 6) is 0.763. The van der Waals surface area contributed by atoms with Crippen LogP contribution in [0, 0.1) is 5.92 Å². The average molecular weight is 375 g/mol. The zero-order valence-electron chi connectivity index (χ0n) is 15.8. The number of urea groups is 1. The number of carbonyl (C=O) groups excluding carboxylic acids is 3. The van der Waals surface area contributed by atoms with Crippen LogP contribution in [0.25, 0.3) is 0 Å². The van der Waals surface area contributed by atoms with Crippen LogP contribution >= 0.6 is 0 Å². The van der Waals surface area contributed by atoms with Crippen molar-refractivity contribution in [3.05, 3.63) is 23.8 Å². The molecule has 27 heavy (non-hydrogen) atoms. The first-order chi connectivity index (χ1) is 12.9. The smallest absolute Gasteiger partial charge is 0.325 e. The van der Waals surface area contributed by atoms with Gasteiger partial charge in [-0.05, 0) is 49.8 Å². The van der Waals surface area contributed by atoms with Crippen molar-refractivity contribution in [1.29, 1.82) is 0 Å². The van der Waals surface area contributed by atoms with E-state index < -0.39 is 11.6 Å². The van der Waals surface area contributed by atoms with Crippen LogP contribution in [0.5, 0.6) is 11.5 Å². The maximum absolute atomic E-state index is 12.5. The minimum atomic E-state index is -0.864. The lowest BCUT2D eigenvalue weighted by Gasteiger charge is -2.20. The van der Waals surface area contributed by atoms with Crippen LogP contribution in [0.3, 0.4) is 0 Å². The largest absolute Gasteiger partial charge is 0.493 e. The van der Waals surface area contributed by atoms with Gasteiger partial charge in [0.25, 0.3) is 5.91 Å². The van der Waals surface area contributed by atoms with Gasteiger partial charge >= 0.3 is 6.03 Å². The van der Waals surface area contributed by atoms with Crippen LogP contribution < -0.4 is 20.1 Å². The standard InChI is InChI=1S/C19H25N3O5/c1-19(13-5-6-13)17(24)22(18(25)21-19)11-16(23)20-9-8-12-4-7-14(26-2)15(10-12)27-3/h4,7,10,13H,5-6,8-9,11H2,1-3H3,(H,20,23)(H,21,25)/t19-/m1/s1. The molecule has 2 aliphatic rings. The molecule has 2 fully saturated rings. The van der Waals surface area contributed by atoms with Crippen LogP contribution in [0.1, 0.15) is 25.3 Å². The maximum atomic E-state index is 12.5. The Kier molecular flexibility index (Phi) is 5.25. The molecule has 1 aliphatic heterocycles. The topological polar surface area (TPSA) is 97.0 Å². The molecule has 1 aromatic rings. The van der Waals surface area contributed by atoms with Crippen molar-refractivity contribution in [2.75, 3.05) is 27.3 Å². The summed E-state index contributed by atoms with van der Waals surface area (Å²) in [5, 5.41) is 5.49. The number of nitrogens with zero attached hydrogens (tertiary/aromatic N) is 1. The summed E-state index contributed by atoms with van der Waals surface area (Å²) in [6, 6.07) is 5.06. The van der Waals surface area contributed by atoms with Gasteiger partial charge in [-0.2, -0.15) is 0 Å². The first-order valence-corrected chi connectivity index (χ1v) is 9.00. The number of hydrogen-bond acceptors (Lipinski definition) is 5. The number of amides is 4. The van der Waals surface area contributed by atoms with E-state index in [0.717, 1.165) is 23.3 Å². The third-order valence-electron chi connectivity index (χ3n) is 5.18. The lowest BCUT2D eigenvalue weighted by atomic mass is 9.96. The summed E-state index contributed by atoms with van der Waals surface area (Å²) in [4.78, 5) is 37.8. The van der Waals surface area contributed by atoms with Gasteiger partial charge in [-0.25, -0.2) is 4.79 Å². The van der Waals surface area contributed by atoms with Crippen molar-refractivity contribution in [3.63, 3.8) is 0 Å². The van der Waals surface area contributed by atoms with Gasteiger partial charge in [0.1, 0.15) is 12.1 Å². The van der Waals surface area contributed by atoms with Crippen molar-refractivity contribution in [1.82, 2.24) is 15.5 Å². The fourth-order valence-electron chi connectivity index (χ4n) is 3.38. The van der Waals surface area contributed by atoms with E-state index in [-0.39, 0.29) is 24.3 Å². The quantitative estimate of drug-likeness (QED) is 0.663. The van der Waals surface area contributed by atoms with Gasteiger partial charge in [0.05, 0.1) is 14.2 Å². The van der Waals surface area contributed by atoms with Crippen LogP contribution in [0.4, 0.5) is 4.79 Å². The number of imide groups is 1. The van der Waals surface area contributed by atoms with E-state index in [0.29, 0.717) is 24.5 Å². The number of benzene rings is 1. The van der Waals surface area contributed by atoms with Crippen LogP contribution in [-0.2, 0) is 16.0 Å². The predicted octanol–water partition coefficient (Wildman–Crippen LogP) is 1.08. The van der Waals surface area contributed by atoms with Crippen molar-refractivity contribution >= 4 is 17.8 Å². The molecule has 0 aromatic heterocycles. The molecule has 146 valence electrons. The van der Waals surface area contributed by atoms with E-state index in [9.17, 15) is 14.4 Å². The molecular formula is C19H25N3O5. The Morgan fingerprint density at radius 2 is 1.96 bits per heavy atom. The third kappa shape index (κ3) is 3.84. The Balaban J connectivity index is 1.50. The van der Waals surface area contributed by atoms with Crippen molar-refractivity contribution in [2.45, 2.75) is 31.7 Å². The number of methoxy groups -OCH3 is 2. The number of carbonyl (C=O) groups is 3. The average Bonchev–Trinajstić information content (AvgIpc) is 3.48. The highest BCUT2D eigenvalue weighted by atomic mass is 16.5. The molecule has 1 atom stereocenters. The molecule has 0 bridgehead atoms. The van der Waals surface area contributed by atoms with E-state index in [1.54, 1.807) is 21.1 Å². The first-order valence-electron chi connectivity index (χ1n) is 9.00. The van der Waals surface area contributed by atoms with Crippen molar-refractivity contribution in [2.24, 2.45) is 5.92 Å². The van der Waals surface area contributed by atoms with E-state index >= 15 is 0 Å². The summed E-state index contributed by atoms with van der Waals surface area (Å²) >= 11 is 0. The SMILES string of the molecule is COc1ccc(CCNC(=O)CN2C(=O)N[C@](C)(C3CC3)C2=O)cc1OC. The molecule has 2 N–H and O–H groups in total. The lowest BCUT2D eigenvalue weighted by molar-refractivity contribution is -0.135. The number of ether oxygens (including phenoxy) is 2. The van der Waals surface area contributed by atoms with E-state index in [4.69, 9.17) is 9.47 Å². The lowest BCUT2D eigenvalue weighted by Crippen LogP contribution is -2.47. The zero-order valence-corrected chi connectivity index (χ0v) is 15.8. The van der Waals surface area contributed by atoms with E-state index in [1.807, 2.05) is 18.2 Å². The molecule has 1 aromatic carbocycles. The van der Waals surface area contributed by atoms with Gasteiger partial charge in [0, 0.05) is 6.54 Å². The molecule has 1 saturated carbocycles. The molecule has 4 amide bonds. The summed E-state index contributed by atoms with van der Waals surface area (Å²) in [6.45, 7) is 1.86. The number of hydrogen-bond donors (Lipinski definition) is 2. The summed E-state index contributed by atoms with van der Waals surface area (Å²) in [7, 11) is 3.14. The van der Waals surface area contributed by atoms with Gasteiger partial charge < -0.3 is 20.1 Å².